The molecule has 0 aromatic rings. The van der Waals surface area contributed by atoms with Gasteiger partial charge < -0.3 is 14.2 Å². The molecular formula is C12H22O3. The van der Waals surface area contributed by atoms with Crippen molar-refractivity contribution in [3.63, 3.8) is 0 Å². The number of rotatable bonds is 3. The summed E-state index contributed by atoms with van der Waals surface area (Å²) in [6.45, 7) is 0.767. The lowest BCUT2D eigenvalue weighted by atomic mass is 9.91. The van der Waals surface area contributed by atoms with Crippen LogP contribution in [0.2, 0.25) is 0 Å². The summed E-state index contributed by atoms with van der Waals surface area (Å²) in [4.78, 5) is 0. The van der Waals surface area contributed by atoms with E-state index in [1.807, 2.05) is 0 Å². The van der Waals surface area contributed by atoms with Gasteiger partial charge in [0.1, 0.15) is 0 Å². The second-order valence-corrected chi connectivity index (χ2v) is 4.73. The number of hydrogen-bond acceptors (Lipinski definition) is 3. The van der Waals surface area contributed by atoms with Crippen LogP contribution >= 0.6 is 0 Å². The molecule has 1 unspecified atom stereocenters. The summed E-state index contributed by atoms with van der Waals surface area (Å²) in [7, 11) is 3.47. The van der Waals surface area contributed by atoms with Crippen LogP contribution in [-0.2, 0) is 14.2 Å². The van der Waals surface area contributed by atoms with Crippen molar-refractivity contribution in [1.29, 1.82) is 0 Å². The van der Waals surface area contributed by atoms with Gasteiger partial charge in [0, 0.05) is 27.1 Å². The predicted octanol–water partition coefficient (Wildman–Crippen LogP) is 2.34. The molecular weight excluding hydrogens is 192 g/mol. The third-order valence-corrected chi connectivity index (χ3v) is 4.00. The third-order valence-electron chi connectivity index (χ3n) is 4.00. The van der Waals surface area contributed by atoms with Crippen LogP contribution in [0.5, 0.6) is 0 Å². The first-order valence-corrected chi connectivity index (χ1v) is 6.01. The minimum Gasteiger partial charge on any atom is -0.378 e. The molecule has 1 saturated heterocycles. The summed E-state index contributed by atoms with van der Waals surface area (Å²) in [5, 5.41) is 0. The molecule has 0 aromatic carbocycles. The van der Waals surface area contributed by atoms with E-state index in [0.29, 0.717) is 6.10 Å². The molecule has 1 aliphatic carbocycles. The minimum absolute atomic E-state index is 0.348. The summed E-state index contributed by atoms with van der Waals surface area (Å²) >= 11 is 0. The van der Waals surface area contributed by atoms with Gasteiger partial charge in [-0.05, 0) is 18.8 Å². The largest absolute Gasteiger partial charge is 0.378 e. The van der Waals surface area contributed by atoms with Gasteiger partial charge in [0.25, 0.3) is 0 Å². The highest BCUT2D eigenvalue weighted by Gasteiger charge is 2.40. The van der Waals surface area contributed by atoms with Crippen molar-refractivity contribution in [2.75, 3.05) is 20.8 Å². The molecule has 0 amide bonds. The van der Waals surface area contributed by atoms with Crippen LogP contribution in [0.1, 0.15) is 38.5 Å². The van der Waals surface area contributed by atoms with Crippen molar-refractivity contribution in [3.8, 4) is 0 Å². The van der Waals surface area contributed by atoms with Crippen molar-refractivity contribution in [2.45, 2.75) is 50.4 Å². The van der Waals surface area contributed by atoms with Gasteiger partial charge in [0.2, 0.25) is 0 Å². The van der Waals surface area contributed by atoms with Crippen molar-refractivity contribution in [1.82, 2.24) is 0 Å². The highest BCUT2D eigenvalue weighted by molar-refractivity contribution is 4.85. The second-order valence-electron chi connectivity index (χ2n) is 4.73. The first-order valence-electron chi connectivity index (χ1n) is 6.01. The van der Waals surface area contributed by atoms with Gasteiger partial charge in [-0.25, -0.2) is 0 Å². The first-order chi connectivity index (χ1) is 7.29. The average molecular weight is 214 g/mol. The lowest BCUT2D eigenvalue weighted by Gasteiger charge is -2.40. The Bertz CT molecular complexity index is 195. The van der Waals surface area contributed by atoms with Crippen molar-refractivity contribution in [3.05, 3.63) is 0 Å². The molecule has 2 rings (SSSR count). The van der Waals surface area contributed by atoms with Crippen LogP contribution in [0, 0.1) is 5.92 Å². The van der Waals surface area contributed by atoms with Gasteiger partial charge in [0.05, 0.1) is 12.7 Å². The van der Waals surface area contributed by atoms with Crippen molar-refractivity contribution in [2.24, 2.45) is 5.92 Å². The molecule has 0 radical (unpaired) electrons. The van der Waals surface area contributed by atoms with E-state index in [0.717, 1.165) is 25.4 Å². The van der Waals surface area contributed by atoms with Gasteiger partial charge >= 0.3 is 0 Å². The van der Waals surface area contributed by atoms with Crippen LogP contribution < -0.4 is 0 Å². The van der Waals surface area contributed by atoms with E-state index in [9.17, 15) is 0 Å². The van der Waals surface area contributed by atoms with Crippen LogP contribution in [0.3, 0.4) is 0 Å². The van der Waals surface area contributed by atoms with E-state index < -0.39 is 0 Å². The zero-order chi connectivity index (χ0) is 10.7. The van der Waals surface area contributed by atoms with Crippen LogP contribution in [-0.4, -0.2) is 32.7 Å². The number of ether oxygens (including phenoxy) is 3. The Morgan fingerprint density at radius 1 is 1.13 bits per heavy atom. The van der Waals surface area contributed by atoms with E-state index in [1.54, 1.807) is 14.2 Å². The van der Waals surface area contributed by atoms with Gasteiger partial charge in [-0.2, -0.15) is 0 Å². The van der Waals surface area contributed by atoms with E-state index in [1.165, 1.54) is 25.7 Å². The molecule has 0 bridgehead atoms. The van der Waals surface area contributed by atoms with E-state index in [4.69, 9.17) is 14.2 Å². The Morgan fingerprint density at radius 3 is 2.40 bits per heavy atom. The number of hydrogen-bond donors (Lipinski definition) is 0. The predicted molar refractivity (Wildman–Crippen MR) is 57.7 cm³/mol. The molecule has 1 saturated carbocycles. The monoisotopic (exact) mass is 214 g/mol. The lowest BCUT2D eigenvalue weighted by Crippen LogP contribution is -2.45. The molecule has 88 valence electrons. The van der Waals surface area contributed by atoms with Crippen molar-refractivity contribution < 1.29 is 14.2 Å². The fourth-order valence-electron chi connectivity index (χ4n) is 2.92. The van der Waals surface area contributed by atoms with E-state index in [-0.39, 0.29) is 5.79 Å². The maximum atomic E-state index is 5.86. The highest BCUT2D eigenvalue weighted by atomic mass is 16.7. The van der Waals surface area contributed by atoms with Crippen LogP contribution in [0.15, 0.2) is 0 Å². The molecule has 2 aliphatic rings. The molecule has 0 N–H and O–H groups in total. The Hall–Kier alpha value is -0.120. The van der Waals surface area contributed by atoms with Gasteiger partial charge in [-0.1, -0.05) is 12.8 Å². The Morgan fingerprint density at radius 2 is 1.80 bits per heavy atom. The van der Waals surface area contributed by atoms with Crippen molar-refractivity contribution >= 4 is 0 Å². The molecule has 0 aromatic heterocycles. The summed E-state index contributed by atoms with van der Waals surface area (Å²) in [5.74, 6) is 0.348. The Labute approximate surface area is 92.1 Å². The topological polar surface area (TPSA) is 27.7 Å². The van der Waals surface area contributed by atoms with Crippen LogP contribution in [0.25, 0.3) is 0 Å². The van der Waals surface area contributed by atoms with E-state index in [2.05, 4.69) is 0 Å². The Kier molecular flexibility index (Phi) is 3.65. The maximum Gasteiger partial charge on any atom is 0.172 e. The Balaban J connectivity index is 1.96. The second kappa shape index (κ2) is 4.81. The maximum absolute atomic E-state index is 5.86. The number of methoxy groups -OCH3 is 2. The summed E-state index contributed by atoms with van der Waals surface area (Å²) in [6, 6.07) is 0. The summed E-state index contributed by atoms with van der Waals surface area (Å²) < 4.78 is 16.9. The first kappa shape index (κ1) is 11.4. The molecule has 2 fully saturated rings. The smallest absolute Gasteiger partial charge is 0.172 e. The highest BCUT2D eigenvalue weighted by Crippen LogP contribution is 2.37. The molecule has 1 aliphatic heterocycles. The molecule has 1 atom stereocenters. The average Bonchev–Trinajstić information content (AvgIpc) is 2.82. The van der Waals surface area contributed by atoms with Crippen LogP contribution in [0.4, 0.5) is 0 Å². The quantitative estimate of drug-likeness (QED) is 0.675. The minimum atomic E-state index is -0.383. The standard InChI is InChI=1S/C12H22O3/c1-13-12(14-2)7-8-15-11(9-12)10-5-3-4-6-10/h10-11H,3-9H2,1-2H3. The van der Waals surface area contributed by atoms with E-state index >= 15 is 0 Å². The molecule has 3 heteroatoms. The molecule has 15 heavy (non-hydrogen) atoms. The lowest BCUT2D eigenvalue weighted by molar-refractivity contribution is -0.261. The SMILES string of the molecule is COC1(OC)CCOC(C2CCCC2)C1. The zero-order valence-electron chi connectivity index (χ0n) is 9.83. The third kappa shape index (κ3) is 2.35. The fourth-order valence-corrected chi connectivity index (χ4v) is 2.92. The molecule has 0 spiro atoms. The summed E-state index contributed by atoms with van der Waals surface area (Å²) in [6.07, 6.45) is 7.44. The van der Waals surface area contributed by atoms with Gasteiger partial charge in [-0.15, -0.1) is 0 Å². The normalized spacial score (nSPS) is 32.0. The van der Waals surface area contributed by atoms with Gasteiger partial charge in [0.15, 0.2) is 5.79 Å². The molecule has 3 nitrogen and oxygen atoms in total. The fraction of sp³-hybridized carbons (Fsp3) is 1.00. The molecule has 1 heterocycles. The van der Waals surface area contributed by atoms with Gasteiger partial charge in [-0.3, -0.25) is 0 Å². The summed E-state index contributed by atoms with van der Waals surface area (Å²) in [5.41, 5.74) is 0. The zero-order valence-corrected chi connectivity index (χ0v) is 9.83.